The lowest BCUT2D eigenvalue weighted by Gasteiger charge is -2.29. The molecular weight excluding hydrogens is 230 g/mol. The third kappa shape index (κ3) is 2.42. The maximum absolute atomic E-state index is 5.99. The van der Waals surface area contributed by atoms with Crippen LogP contribution < -0.4 is 5.32 Å². The second-order valence-corrected chi connectivity index (χ2v) is 6.05. The van der Waals surface area contributed by atoms with Gasteiger partial charge >= 0.3 is 0 Å². The molecule has 0 radical (unpaired) electrons. The standard InChI is InChI=1S/C14H21NOS/c1-2-15-13(7-10-5-6-17-9-10)12-8-11-3-4-14(12)16-11/h5-6,9,11-15H,2-4,7-8H2,1H3. The summed E-state index contributed by atoms with van der Waals surface area (Å²) in [4.78, 5) is 0. The van der Waals surface area contributed by atoms with Crippen molar-refractivity contribution in [1.29, 1.82) is 0 Å². The minimum Gasteiger partial charge on any atom is -0.375 e. The first-order chi connectivity index (χ1) is 8.36. The zero-order valence-electron chi connectivity index (χ0n) is 10.4. The summed E-state index contributed by atoms with van der Waals surface area (Å²) in [5.74, 6) is 0.730. The van der Waals surface area contributed by atoms with Gasteiger partial charge in [-0.3, -0.25) is 0 Å². The van der Waals surface area contributed by atoms with Gasteiger partial charge in [-0.25, -0.2) is 0 Å². The highest BCUT2D eigenvalue weighted by Crippen LogP contribution is 2.41. The van der Waals surface area contributed by atoms with Crippen molar-refractivity contribution in [2.45, 2.75) is 50.9 Å². The van der Waals surface area contributed by atoms with Crippen LogP contribution in [0.2, 0.25) is 0 Å². The van der Waals surface area contributed by atoms with E-state index < -0.39 is 0 Å². The van der Waals surface area contributed by atoms with E-state index in [2.05, 4.69) is 29.1 Å². The van der Waals surface area contributed by atoms with Crippen LogP contribution >= 0.6 is 11.3 Å². The van der Waals surface area contributed by atoms with Crippen molar-refractivity contribution in [3.8, 4) is 0 Å². The molecule has 3 heteroatoms. The Labute approximate surface area is 107 Å². The smallest absolute Gasteiger partial charge is 0.0623 e. The number of nitrogens with one attached hydrogen (secondary N) is 1. The monoisotopic (exact) mass is 251 g/mol. The van der Waals surface area contributed by atoms with Gasteiger partial charge in [-0.15, -0.1) is 0 Å². The van der Waals surface area contributed by atoms with Crippen molar-refractivity contribution in [2.24, 2.45) is 5.92 Å². The van der Waals surface area contributed by atoms with Gasteiger partial charge < -0.3 is 10.1 Å². The van der Waals surface area contributed by atoms with Crippen LogP contribution in [0.15, 0.2) is 16.8 Å². The largest absolute Gasteiger partial charge is 0.375 e. The zero-order chi connectivity index (χ0) is 11.7. The Morgan fingerprint density at radius 1 is 1.53 bits per heavy atom. The Bertz CT molecular complexity index is 351. The lowest BCUT2D eigenvalue weighted by molar-refractivity contribution is 0.0858. The summed E-state index contributed by atoms with van der Waals surface area (Å²) in [5, 5.41) is 8.12. The Morgan fingerprint density at radius 2 is 2.47 bits per heavy atom. The Balaban J connectivity index is 1.67. The molecular formula is C14H21NOS. The first kappa shape index (κ1) is 11.7. The van der Waals surface area contributed by atoms with Crippen LogP contribution in [0.3, 0.4) is 0 Å². The maximum atomic E-state index is 5.99. The van der Waals surface area contributed by atoms with Crippen molar-refractivity contribution in [3.63, 3.8) is 0 Å². The van der Waals surface area contributed by atoms with Gasteiger partial charge in [0.05, 0.1) is 12.2 Å². The summed E-state index contributed by atoms with van der Waals surface area (Å²) in [7, 11) is 0. The molecule has 0 spiro atoms. The Hall–Kier alpha value is -0.380. The SMILES string of the molecule is CCNC(Cc1ccsc1)C1CC2CCC1O2. The summed E-state index contributed by atoms with van der Waals surface area (Å²) < 4.78 is 5.99. The quantitative estimate of drug-likeness (QED) is 0.869. The average Bonchev–Trinajstić information content (AvgIpc) is 3.05. The molecule has 0 saturated carbocycles. The molecule has 2 aliphatic heterocycles. The molecule has 4 unspecified atom stereocenters. The summed E-state index contributed by atoms with van der Waals surface area (Å²) in [6, 6.07) is 2.85. The van der Waals surface area contributed by atoms with E-state index in [1.807, 2.05) is 0 Å². The molecule has 1 aromatic heterocycles. The molecule has 1 N–H and O–H groups in total. The molecule has 0 amide bonds. The van der Waals surface area contributed by atoms with Crippen molar-refractivity contribution in [3.05, 3.63) is 22.4 Å². The molecule has 17 heavy (non-hydrogen) atoms. The van der Waals surface area contributed by atoms with Gasteiger partial charge in [-0.05, 0) is 54.6 Å². The summed E-state index contributed by atoms with van der Waals surface area (Å²) in [6.45, 7) is 3.26. The molecule has 2 fully saturated rings. The van der Waals surface area contributed by atoms with E-state index in [1.165, 1.54) is 24.8 Å². The number of fused-ring (bicyclic) bond motifs is 2. The average molecular weight is 251 g/mol. The summed E-state index contributed by atoms with van der Waals surface area (Å²) in [5.41, 5.74) is 1.48. The molecule has 0 aromatic carbocycles. The van der Waals surface area contributed by atoms with Gasteiger partial charge in [0, 0.05) is 12.0 Å². The lowest BCUT2D eigenvalue weighted by Crippen LogP contribution is -2.42. The highest BCUT2D eigenvalue weighted by atomic mass is 32.1. The summed E-state index contributed by atoms with van der Waals surface area (Å²) >= 11 is 1.80. The fourth-order valence-electron chi connectivity index (χ4n) is 3.40. The highest BCUT2D eigenvalue weighted by molar-refractivity contribution is 7.07. The first-order valence-corrected chi connectivity index (χ1v) is 7.71. The molecule has 1 aromatic rings. The van der Waals surface area contributed by atoms with Crippen LogP contribution in [-0.4, -0.2) is 24.8 Å². The zero-order valence-corrected chi connectivity index (χ0v) is 11.2. The third-order valence-corrected chi connectivity index (χ3v) is 4.90. The lowest BCUT2D eigenvalue weighted by atomic mass is 9.81. The van der Waals surface area contributed by atoms with Crippen LogP contribution in [0, 0.1) is 5.92 Å². The van der Waals surface area contributed by atoms with E-state index in [1.54, 1.807) is 11.3 Å². The predicted molar refractivity (Wildman–Crippen MR) is 71.5 cm³/mol. The van der Waals surface area contributed by atoms with Crippen LogP contribution in [0.4, 0.5) is 0 Å². The highest BCUT2D eigenvalue weighted by Gasteiger charge is 2.43. The number of thiophene rings is 1. The van der Waals surface area contributed by atoms with Crippen LogP contribution in [0.1, 0.15) is 31.7 Å². The normalized spacial score (nSPS) is 33.1. The van der Waals surface area contributed by atoms with Gasteiger partial charge in [-0.2, -0.15) is 11.3 Å². The number of hydrogen-bond acceptors (Lipinski definition) is 3. The molecule has 0 aliphatic carbocycles. The molecule has 2 aliphatic rings. The van der Waals surface area contributed by atoms with Gasteiger partial charge in [0.25, 0.3) is 0 Å². The molecule has 3 heterocycles. The van der Waals surface area contributed by atoms with E-state index in [4.69, 9.17) is 4.74 Å². The molecule has 4 atom stereocenters. The van der Waals surface area contributed by atoms with Crippen molar-refractivity contribution in [2.75, 3.05) is 6.54 Å². The van der Waals surface area contributed by atoms with Gasteiger partial charge in [-0.1, -0.05) is 6.92 Å². The molecule has 2 bridgehead atoms. The van der Waals surface area contributed by atoms with Crippen LogP contribution in [-0.2, 0) is 11.2 Å². The van der Waals surface area contributed by atoms with Crippen molar-refractivity contribution in [1.82, 2.24) is 5.32 Å². The van der Waals surface area contributed by atoms with E-state index in [0.717, 1.165) is 18.9 Å². The molecule has 3 rings (SSSR count). The van der Waals surface area contributed by atoms with Gasteiger partial charge in [0.15, 0.2) is 0 Å². The fourth-order valence-corrected chi connectivity index (χ4v) is 4.08. The molecule has 2 saturated heterocycles. The number of ether oxygens (including phenoxy) is 1. The van der Waals surface area contributed by atoms with Crippen LogP contribution in [0.5, 0.6) is 0 Å². The second kappa shape index (κ2) is 5.09. The van der Waals surface area contributed by atoms with E-state index in [9.17, 15) is 0 Å². The van der Waals surface area contributed by atoms with Gasteiger partial charge in [0.2, 0.25) is 0 Å². The number of hydrogen-bond donors (Lipinski definition) is 1. The van der Waals surface area contributed by atoms with Crippen molar-refractivity contribution >= 4 is 11.3 Å². The molecule has 94 valence electrons. The maximum Gasteiger partial charge on any atom is 0.0623 e. The fraction of sp³-hybridized carbons (Fsp3) is 0.714. The number of rotatable bonds is 5. The van der Waals surface area contributed by atoms with E-state index in [-0.39, 0.29) is 0 Å². The predicted octanol–water partition coefficient (Wildman–Crippen LogP) is 2.84. The van der Waals surface area contributed by atoms with E-state index in [0.29, 0.717) is 18.2 Å². The minimum atomic E-state index is 0.530. The minimum absolute atomic E-state index is 0.530. The Morgan fingerprint density at radius 3 is 3.06 bits per heavy atom. The summed E-state index contributed by atoms with van der Waals surface area (Å²) in [6.07, 6.45) is 6.09. The Kier molecular flexibility index (Phi) is 3.50. The van der Waals surface area contributed by atoms with Crippen molar-refractivity contribution < 1.29 is 4.74 Å². The van der Waals surface area contributed by atoms with Gasteiger partial charge in [0.1, 0.15) is 0 Å². The first-order valence-electron chi connectivity index (χ1n) is 6.76. The topological polar surface area (TPSA) is 21.3 Å². The number of likely N-dealkylation sites (N-methyl/N-ethyl adjacent to an activating group) is 1. The molecule has 2 nitrogen and oxygen atoms in total. The third-order valence-electron chi connectivity index (χ3n) is 4.17. The van der Waals surface area contributed by atoms with E-state index >= 15 is 0 Å². The van der Waals surface area contributed by atoms with Crippen LogP contribution in [0.25, 0.3) is 0 Å². The second-order valence-electron chi connectivity index (χ2n) is 5.27.